The number of hydrogen-bond acceptors (Lipinski definition) is 0. The quantitative estimate of drug-likeness (QED) is 0.447. The molecule has 0 fully saturated rings. The van der Waals surface area contributed by atoms with Gasteiger partial charge in [-0.15, -0.1) is 0 Å². The van der Waals surface area contributed by atoms with E-state index in [0.29, 0.717) is 5.54 Å². The van der Waals surface area contributed by atoms with Crippen molar-refractivity contribution in [3.8, 4) is 0 Å². The zero-order valence-electron chi connectivity index (χ0n) is 4.42. The van der Waals surface area contributed by atoms with Crippen molar-refractivity contribution in [2.24, 2.45) is 0 Å². The van der Waals surface area contributed by atoms with E-state index in [1.54, 1.807) is 0 Å². The first-order valence-electron chi connectivity index (χ1n) is 2.04. The van der Waals surface area contributed by atoms with Gasteiger partial charge < -0.3 is 0 Å². The molecule has 6 heteroatoms. The van der Waals surface area contributed by atoms with Gasteiger partial charge in [0.25, 0.3) is 5.13 Å². The van der Waals surface area contributed by atoms with Crippen LogP contribution >= 0.6 is 23.2 Å². The standard InChI is InChI=1S/C4H2Cl2F4/c5-2-1-3(6,7)4(8,9)10/h1-2H/b2-1-. The van der Waals surface area contributed by atoms with E-state index in [1.165, 1.54) is 0 Å². The molecular formula is C4H2Cl2F4. The number of allylic oxidation sites excluding steroid dienone is 1. The van der Waals surface area contributed by atoms with E-state index < -0.39 is 11.3 Å². The van der Waals surface area contributed by atoms with E-state index >= 15 is 0 Å². The number of rotatable bonds is 1. The molecule has 1 unspecified atom stereocenters. The third-order valence-corrected chi connectivity index (χ3v) is 1.12. The fourth-order valence-corrected chi connectivity index (χ4v) is 0.475. The molecule has 0 N–H and O–H groups in total. The zero-order chi connectivity index (χ0) is 8.41. The van der Waals surface area contributed by atoms with Crippen LogP contribution in [0.4, 0.5) is 17.6 Å². The molecule has 0 bridgehead atoms. The van der Waals surface area contributed by atoms with Gasteiger partial charge in [-0.1, -0.05) is 23.2 Å². The highest BCUT2D eigenvalue weighted by atomic mass is 35.5. The van der Waals surface area contributed by atoms with Gasteiger partial charge in [-0.25, -0.2) is 4.39 Å². The van der Waals surface area contributed by atoms with E-state index in [4.69, 9.17) is 0 Å². The summed E-state index contributed by atoms with van der Waals surface area (Å²) in [6.07, 6.45) is -5.12. The Bertz CT molecular complexity index is 137. The van der Waals surface area contributed by atoms with Gasteiger partial charge in [0.1, 0.15) is 0 Å². The van der Waals surface area contributed by atoms with Gasteiger partial charge in [-0.05, 0) is 6.08 Å². The van der Waals surface area contributed by atoms with E-state index in [2.05, 4.69) is 23.2 Å². The van der Waals surface area contributed by atoms with Crippen molar-refractivity contribution in [3.05, 3.63) is 11.6 Å². The van der Waals surface area contributed by atoms with Crippen LogP contribution in [0.15, 0.2) is 11.6 Å². The summed E-state index contributed by atoms with van der Waals surface area (Å²) in [5, 5.41) is -3.85. The summed E-state index contributed by atoms with van der Waals surface area (Å²) in [5.41, 5.74) is 0.375. The van der Waals surface area contributed by atoms with E-state index in [9.17, 15) is 17.6 Å². The molecule has 0 aromatic rings. The second-order valence-corrected chi connectivity index (χ2v) is 2.22. The summed E-state index contributed by atoms with van der Waals surface area (Å²) < 4.78 is 46.3. The van der Waals surface area contributed by atoms with Crippen LogP contribution in [0.2, 0.25) is 0 Å². The Morgan fingerprint density at radius 1 is 1.10 bits per heavy atom. The second kappa shape index (κ2) is 2.96. The van der Waals surface area contributed by atoms with Crippen molar-refractivity contribution in [2.75, 3.05) is 0 Å². The Morgan fingerprint density at radius 2 is 1.50 bits per heavy atom. The lowest BCUT2D eigenvalue weighted by atomic mass is 10.4. The van der Waals surface area contributed by atoms with Crippen LogP contribution in [0.25, 0.3) is 0 Å². The minimum Gasteiger partial charge on any atom is -0.211 e. The lowest BCUT2D eigenvalue weighted by Crippen LogP contribution is -2.32. The van der Waals surface area contributed by atoms with Crippen molar-refractivity contribution >= 4 is 23.2 Å². The highest BCUT2D eigenvalue weighted by Gasteiger charge is 2.52. The molecule has 0 saturated heterocycles. The highest BCUT2D eigenvalue weighted by Crippen LogP contribution is 2.38. The Labute approximate surface area is 64.4 Å². The van der Waals surface area contributed by atoms with Crippen LogP contribution in [-0.4, -0.2) is 11.3 Å². The molecule has 0 rings (SSSR count). The molecule has 1 atom stereocenters. The first-order valence-corrected chi connectivity index (χ1v) is 2.85. The molecule has 0 radical (unpaired) electrons. The summed E-state index contributed by atoms with van der Waals surface area (Å²) in [5.74, 6) is 0. The Morgan fingerprint density at radius 3 is 1.60 bits per heavy atom. The third-order valence-electron chi connectivity index (χ3n) is 0.650. The van der Waals surface area contributed by atoms with Gasteiger partial charge in [0.05, 0.1) is 0 Å². The van der Waals surface area contributed by atoms with Crippen LogP contribution in [-0.2, 0) is 0 Å². The molecule has 0 aromatic heterocycles. The molecular weight excluding hydrogens is 195 g/mol. The predicted octanol–water partition coefficient (Wildman–Crippen LogP) is 3.21. The van der Waals surface area contributed by atoms with Crippen LogP contribution in [0.5, 0.6) is 0 Å². The molecule has 0 amide bonds. The molecule has 0 aliphatic carbocycles. The number of hydrogen-bond donors (Lipinski definition) is 0. The Kier molecular flexibility index (Phi) is 2.98. The fraction of sp³-hybridized carbons (Fsp3) is 0.500. The van der Waals surface area contributed by atoms with Crippen molar-refractivity contribution in [2.45, 2.75) is 11.3 Å². The third kappa shape index (κ3) is 2.34. The van der Waals surface area contributed by atoms with Crippen LogP contribution in [0, 0.1) is 0 Å². The largest absolute Gasteiger partial charge is 0.440 e. The smallest absolute Gasteiger partial charge is 0.211 e. The van der Waals surface area contributed by atoms with E-state index in [-0.39, 0.29) is 6.08 Å². The van der Waals surface area contributed by atoms with Crippen LogP contribution < -0.4 is 0 Å². The summed E-state index contributed by atoms with van der Waals surface area (Å²) in [7, 11) is 0. The van der Waals surface area contributed by atoms with E-state index in [0.717, 1.165) is 0 Å². The molecule has 60 valence electrons. The van der Waals surface area contributed by atoms with Crippen LogP contribution in [0.1, 0.15) is 0 Å². The van der Waals surface area contributed by atoms with Gasteiger partial charge in [-0.2, -0.15) is 13.2 Å². The summed E-state index contributed by atoms with van der Waals surface area (Å²) >= 11 is 9.04. The number of halogens is 6. The lowest BCUT2D eigenvalue weighted by Gasteiger charge is -2.15. The monoisotopic (exact) mass is 196 g/mol. The summed E-state index contributed by atoms with van der Waals surface area (Å²) in [6.45, 7) is 0. The molecule has 0 spiro atoms. The molecule has 0 aromatic carbocycles. The first-order chi connectivity index (χ1) is 4.31. The van der Waals surface area contributed by atoms with Gasteiger partial charge in [0.15, 0.2) is 0 Å². The molecule has 0 nitrogen and oxygen atoms in total. The molecule has 0 aliphatic rings. The maximum Gasteiger partial charge on any atom is 0.440 e. The molecule has 0 heterocycles. The van der Waals surface area contributed by atoms with E-state index in [1.807, 2.05) is 0 Å². The molecule has 0 aliphatic heterocycles. The lowest BCUT2D eigenvalue weighted by molar-refractivity contribution is -0.182. The first kappa shape index (κ1) is 10.0. The average Bonchev–Trinajstić information content (AvgIpc) is 1.61. The zero-order valence-corrected chi connectivity index (χ0v) is 5.93. The van der Waals surface area contributed by atoms with Gasteiger partial charge >= 0.3 is 6.18 Å². The van der Waals surface area contributed by atoms with Crippen molar-refractivity contribution in [1.29, 1.82) is 0 Å². The molecule has 0 saturated carbocycles. The Hall–Kier alpha value is 0.0400. The Balaban J connectivity index is 4.40. The topological polar surface area (TPSA) is 0 Å². The predicted molar refractivity (Wildman–Crippen MR) is 30.7 cm³/mol. The van der Waals surface area contributed by atoms with Gasteiger partial charge in [-0.3, -0.25) is 0 Å². The van der Waals surface area contributed by atoms with Gasteiger partial charge in [0.2, 0.25) is 0 Å². The average molecular weight is 197 g/mol. The number of alkyl halides is 5. The summed E-state index contributed by atoms with van der Waals surface area (Å²) in [6, 6.07) is 0. The van der Waals surface area contributed by atoms with Crippen molar-refractivity contribution in [1.82, 2.24) is 0 Å². The highest BCUT2D eigenvalue weighted by molar-refractivity contribution is 6.28. The maximum atomic E-state index is 12.1. The normalized spacial score (nSPS) is 19.4. The fourth-order valence-electron chi connectivity index (χ4n) is 0.174. The van der Waals surface area contributed by atoms with Crippen LogP contribution in [0.3, 0.4) is 0 Å². The van der Waals surface area contributed by atoms with Gasteiger partial charge in [0, 0.05) is 5.54 Å². The SMILES string of the molecule is FC(F)(F)C(F)(Cl)/C=C\Cl. The van der Waals surface area contributed by atoms with Crippen molar-refractivity contribution < 1.29 is 17.6 Å². The maximum absolute atomic E-state index is 12.1. The minimum atomic E-state index is -5.13. The minimum absolute atomic E-state index is 0.0100. The van der Waals surface area contributed by atoms with Crippen molar-refractivity contribution in [3.63, 3.8) is 0 Å². The summed E-state index contributed by atoms with van der Waals surface area (Å²) in [4.78, 5) is 0. The molecule has 10 heavy (non-hydrogen) atoms. The second-order valence-electron chi connectivity index (χ2n) is 1.41.